The molecule has 0 aliphatic carbocycles. The van der Waals surface area contributed by atoms with E-state index in [0.29, 0.717) is 0 Å². The fraction of sp³-hybridized carbons (Fsp3) is 0.125. The first kappa shape index (κ1) is 9.06. The average molecular weight is 228 g/mol. The number of nitrogens with zero attached hydrogens (tertiary/aromatic N) is 1. The van der Waals surface area contributed by atoms with Crippen molar-refractivity contribution in [1.82, 2.24) is 4.98 Å². The second-order valence-corrected chi connectivity index (χ2v) is 2.66. The van der Waals surface area contributed by atoms with Gasteiger partial charge in [0.25, 0.3) is 0 Å². The van der Waals surface area contributed by atoms with Crippen LogP contribution in [-0.2, 0) is 4.79 Å². The summed E-state index contributed by atoms with van der Waals surface area (Å²) in [7, 11) is 0. The van der Waals surface area contributed by atoms with Crippen molar-refractivity contribution in [2.24, 2.45) is 0 Å². The molecule has 4 heteroatoms. The number of carbonyl (C=O) groups is 2. The predicted molar refractivity (Wildman–Crippen MR) is 47.4 cm³/mol. The number of alkyl halides is 1. The quantitative estimate of drug-likeness (QED) is 0.444. The molecule has 0 radical (unpaired) electrons. The molecule has 0 atom stereocenters. The Kier molecular flexibility index (Phi) is 3.10. The van der Waals surface area contributed by atoms with Crippen LogP contribution in [0.5, 0.6) is 0 Å². The van der Waals surface area contributed by atoms with Crippen molar-refractivity contribution < 1.29 is 9.59 Å². The van der Waals surface area contributed by atoms with Gasteiger partial charge in [0.2, 0.25) is 11.6 Å². The molecule has 1 aromatic heterocycles. The average Bonchev–Trinajstić information content (AvgIpc) is 2.17. The molecule has 1 heterocycles. The standard InChI is InChI=1S/C8H6BrNO2/c9-5-7(11)8(12)6-3-1-2-4-10-6/h1-4H,5H2. The van der Waals surface area contributed by atoms with Crippen LogP contribution < -0.4 is 0 Å². The lowest BCUT2D eigenvalue weighted by atomic mass is 10.2. The van der Waals surface area contributed by atoms with Gasteiger partial charge < -0.3 is 0 Å². The fourth-order valence-corrected chi connectivity index (χ4v) is 0.955. The number of hydrogen-bond acceptors (Lipinski definition) is 3. The first-order valence-corrected chi connectivity index (χ1v) is 4.42. The van der Waals surface area contributed by atoms with E-state index in [1.54, 1.807) is 12.1 Å². The lowest BCUT2D eigenvalue weighted by Crippen LogP contribution is -2.16. The van der Waals surface area contributed by atoms with E-state index < -0.39 is 11.6 Å². The lowest BCUT2D eigenvalue weighted by molar-refractivity contribution is -0.112. The third-order valence-corrected chi connectivity index (χ3v) is 1.78. The molecule has 12 heavy (non-hydrogen) atoms. The van der Waals surface area contributed by atoms with Gasteiger partial charge in [0.1, 0.15) is 5.69 Å². The van der Waals surface area contributed by atoms with Gasteiger partial charge in [0.15, 0.2) is 0 Å². The molecule has 0 N–H and O–H groups in total. The number of hydrogen-bond donors (Lipinski definition) is 0. The second kappa shape index (κ2) is 4.11. The predicted octanol–water partition coefficient (Wildman–Crippen LogP) is 1.23. The van der Waals surface area contributed by atoms with Crippen molar-refractivity contribution in [1.29, 1.82) is 0 Å². The van der Waals surface area contributed by atoms with Crippen molar-refractivity contribution in [2.75, 3.05) is 5.33 Å². The lowest BCUT2D eigenvalue weighted by Gasteiger charge is -1.94. The van der Waals surface area contributed by atoms with Gasteiger partial charge in [-0.1, -0.05) is 22.0 Å². The van der Waals surface area contributed by atoms with Crippen LogP contribution >= 0.6 is 15.9 Å². The molecule has 0 bridgehead atoms. The number of pyridine rings is 1. The van der Waals surface area contributed by atoms with E-state index in [1.807, 2.05) is 0 Å². The van der Waals surface area contributed by atoms with Crippen molar-refractivity contribution in [3.63, 3.8) is 0 Å². The molecular weight excluding hydrogens is 222 g/mol. The van der Waals surface area contributed by atoms with E-state index >= 15 is 0 Å². The Morgan fingerprint density at radius 3 is 2.67 bits per heavy atom. The zero-order valence-corrected chi connectivity index (χ0v) is 7.74. The van der Waals surface area contributed by atoms with Crippen LogP contribution in [0.3, 0.4) is 0 Å². The first-order valence-electron chi connectivity index (χ1n) is 3.30. The van der Waals surface area contributed by atoms with Gasteiger partial charge >= 0.3 is 0 Å². The summed E-state index contributed by atoms with van der Waals surface area (Å²) in [5.74, 6) is -1.03. The van der Waals surface area contributed by atoms with E-state index in [4.69, 9.17) is 0 Å². The largest absolute Gasteiger partial charge is 0.289 e. The van der Waals surface area contributed by atoms with E-state index in [-0.39, 0.29) is 11.0 Å². The number of Topliss-reactive ketones (excluding diaryl/α,β-unsaturated/α-hetero) is 2. The summed E-state index contributed by atoms with van der Waals surface area (Å²) in [6.07, 6.45) is 1.48. The molecule has 0 unspecified atom stereocenters. The molecule has 1 aromatic rings. The van der Waals surface area contributed by atoms with Gasteiger partial charge in [0, 0.05) is 6.20 Å². The van der Waals surface area contributed by atoms with Gasteiger partial charge in [-0.2, -0.15) is 0 Å². The molecule has 0 fully saturated rings. The number of carbonyl (C=O) groups excluding carboxylic acids is 2. The maximum atomic E-state index is 11.1. The monoisotopic (exact) mass is 227 g/mol. The first-order chi connectivity index (χ1) is 5.75. The van der Waals surface area contributed by atoms with Gasteiger partial charge in [-0.05, 0) is 12.1 Å². The molecule has 0 aliphatic rings. The summed E-state index contributed by atoms with van der Waals surface area (Å²) in [5.41, 5.74) is 0.196. The summed E-state index contributed by atoms with van der Waals surface area (Å²) in [6.45, 7) is 0. The Bertz CT molecular complexity index is 297. The zero-order chi connectivity index (χ0) is 8.97. The Hall–Kier alpha value is -1.03. The highest BCUT2D eigenvalue weighted by Crippen LogP contribution is 1.97. The van der Waals surface area contributed by atoms with Crippen molar-refractivity contribution in [2.45, 2.75) is 0 Å². The molecule has 1 rings (SSSR count). The fourth-order valence-electron chi connectivity index (χ4n) is 0.701. The summed E-state index contributed by atoms with van der Waals surface area (Å²) in [6, 6.07) is 4.88. The normalized spacial score (nSPS) is 9.42. The highest BCUT2D eigenvalue weighted by Gasteiger charge is 2.14. The SMILES string of the molecule is O=C(CBr)C(=O)c1ccccn1. The topological polar surface area (TPSA) is 47.0 Å². The molecule has 3 nitrogen and oxygen atoms in total. The van der Waals surface area contributed by atoms with Crippen LogP contribution in [0.15, 0.2) is 24.4 Å². The van der Waals surface area contributed by atoms with E-state index in [0.717, 1.165) is 0 Å². The number of halogens is 1. The Labute approximate surface area is 77.9 Å². The third-order valence-electron chi connectivity index (χ3n) is 1.27. The van der Waals surface area contributed by atoms with Crippen LogP contribution in [0.25, 0.3) is 0 Å². The molecule has 0 aliphatic heterocycles. The van der Waals surface area contributed by atoms with Crippen LogP contribution in [0, 0.1) is 0 Å². The van der Waals surface area contributed by atoms with E-state index in [1.165, 1.54) is 12.3 Å². The minimum absolute atomic E-state index is 0.0441. The van der Waals surface area contributed by atoms with Crippen molar-refractivity contribution in [3.05, 3.63) is 30.1 Å². The van der Waals surface area contributed by atoms with Crippen LogP contribution in [0.1, 0.15) is 10.5 Å². The minimum Gasteiger partial charge on any atom is -0.289 e. The van der Waals surface area contributed by atoms with E-state index in [2.05, 4.69) is 20.9 Å². The number of rotatable bonds is 3. The van der Waals surface area contributed by atoms with Gasteiger partial charge in [-0.25, -0.2) is 0 Å². The molecule has 0 spiro atoms. The summed E-state index contributed by atoms with van der Waals surface area (Å²) < 4.78 is 0. The Balaban J connectivity index is 2.86. The highest BCUT2D eigenvalue weighted by atomic mass is 79.9. The van der Waals surface area contributed by atoms with Gasteiger partial charge in [0.05, 0.1) is 5.33 Å². The molecule has 0 aromatic carbocycles. The summed E-state index contributed by atoms with van der Waals surface area (Å²) >= 11 is 2.91. The maximum Gasteiger partial charge on any atom is 0.247 e. The van der Waals surface area contributed by atoms with Gasteiger partial charge in [-0.15, -0.1) is 0 Å². The van der Waals surface area contributed by atoms with Crippen LogP contribution in [0.2, 0.25) is 0 Å². The maximum absolute atomic E-state index is 11.1. The second-order valence-electron chi connectivity index (χ2n) is 2.10. The van der Waals surface area contributed by atoms with Crippen molar-refractivity contribution >= 4 is 27.5 Å². The molecular formula is C8H6BrNO2. The molecule has 62 valence electrons. The molecule has 0 amide bonds. The zero-order valence-electron chi connectivity index (χ0n) is 6.16. The van der Waals surface area contributed by atoms with Gasteiger partial charge in [-0.3, -0.25) is 14.6 Å². The van der Waals surface area contributed by atoms with E-state index in [9.17, 15) is 9.59 Å². The summed E-state index contributed by atoms with van der Waals surface area (Å²) in [4.78, 5) is 25.8. The smallest absolute Gasteiger partial charge is 0.247 e. The van der Waals surface area contributed by atoms with Crippen LogP contribution in [0.4, 0.5) is 0 Å². The Morgan fingerprint density at radius 1 is 1.42 bits per heavy atom. The Morgan fingerprint density at radius 2 is 2.17 bits per heavy atom. The molecule has 0 saturated heterocycles. The minimum atomic E-state index is -0.549. The third kappa shape index (κ3) is 1.98. The molecule has 0 saturated carbocycles. The summed E-state index contributed by atoms with van der Waals surface area (Å²) in [5, 5.41) is 0.0441. The number of ketones is 2. The number of aromatic nitrogens is 1. The highest BCUT2D eigenvalue weighted by molar-refractivity contribution is 9.09. The van der Waals surface area contributed by atoms with Crippen molar-refractivity contribution in [3.8, 4) is 0 Å². The van der Waals surface area contributed by atoms with Crippen LogP contribution in [-0.4, -0.2) is 21.9 Å².